The summed E-state index contributed by atoms with van der Waals surface area (Å²) in [6.45, 7) is 1.92. The fourth-order valence-electron chi connectivity index (χ4n) is 2.74. The number of carbonyl (C=O) groups excluding carboxylic acids is 1. The third-order valence-corrected chi connectivity index (χ3v) is 5.37. The first kappa shape index (κ1) is 16.1. The lowest BCUT2D eigenvalue weighted by molar-refractivity contribution is -0.120. The minimum absolute atomic E-state index is 0.0746. The molecule has 126 valence electrons. The van der Waals surface area contributed by atoms with Crippen molar-refractivity contribution in [2.24, 2.45) is 0 Å². The zero-order valence-electron chi connectivity index (χ0n) is 14.0. The lowest BCUT2D eigenvalue weighted by Gasteiger charge is -2.13. The van der Waals surface area contributed by atoms with Gasteiger partial charge in [0.2, 0.25) is 5.91 Å². The van der Waals surface area contributed by atoms with Gasteiger partial charge in [-0.2, -0.15) is 0 Å². The molecule has 0 spiro atoms. The minimum atomic E-state index is -0.194. The van der Waals surface area contributed by atoms with Crippen LogP contribution >= 0.6 is 11.8 Å². The van der Waals surface area contributed by atoms with Crippen molar-refractivity contribution in [3.8, 4) is 11.3 Å². The molecule has 0 bridgehead atoms. The average Bonchev–Trinajstić information content (AvgIpc) is 3.46. The molecule has 0 radical (unpaired) electrons. The molecule has 3 aromatic rings. The van der Waals surface area contributed by atoms with Crippen molar-refractivity contribution in [3.63, 3.8) is 0 Å². The maximum absolute atomic E-state index is 12.2. The molecule has 1 saturated carbocycles. The highest BCUT2D eigenvalue weighted by Gasteiger charge is 2.26. The van der Waals surface area contributed by atoms with Gasteiger partial charge >= 0.3 is 0 Å². The average molecular weight is 349 g/mol. The standard InChI is InChI=1S/C20H19N3OS/c1-13(19(24)21-15-11-12-15)25-20-17-10-6-5-9-16(17)18(22-23-20)14-7-3-2-4-8-14/h2-10,13,15H,11-12H2,1H3,(H,21,24)/t13-/m1/s1. The van der Waals surface area contributed by atoms with Crippen LogP contribution in [0.2, 0.25) is 0 Å². The zero-order valence-corrected chi connectivity index (χ0v) is 14.8. The van der Waals surface area contributed by atoms with E-state index in [0.717, 1.165) is 39.9 Å². The second-order valence-corrected chi connectivity index (χ2v) is 7.64. The molecule has 1 heterocycles. The van der Waals surface area contributed by atoms with Crippen LogP contribution in [0.3, 0.4) is 0 Å². The van der Waals surface area contributed by atoms with E-state index in [4.69, 9.17) is 0 Å². The molecule has 1 amide bonds. The van der Waals surface area contributed by atoms with E-state index >= 15 is 0 Å². The van der Waals surface area contributed by atoms with E-state index in [9.17, 15) is 4.79 Å². The highest BCUT2D eigenvalue weighted by molar-refractivity contribution is 8.00. The van der Waals surface area contributed by atoms with Gasteiger partial charge in [0.25, 0.3) is 0 Å². The lowest BCUT2D eigenvalue weighted by atomic mass is 10.1. The smallest absolute Gasteiger partial charge is 0.233 e. The van der Waals surface area contributed by atoms with E-state index in [-0.39, 0.29) is 11.2 Å². The van der Waals surface area contributed by atoms with Gasteiger partial charge in [0.15, 0.2) is 0 Å². The summed E-state index contributed by atoms with van der Waals surface area (Å²) in [5.74, 6) is 0.0746. The van der Waals surface area contributed by atoms with Crippen molar-refractivity contribution < 1.29 is 4.79 Å². The Hall–Kier alpha value is -2.40. The molecule has 1 N–H and O–H groups in total. The Morgan fingerprint density at radius 2 is 1.72 bits per heavy atom. The van der Waals surface area contributed by atoms with Gasteiger partial charge in [-0.1, -0.05) is 66.4 Å². The van der Waals surface area contributed by atoms with Crippen molar-refractivity contribution in [3.05, 3.63) is 54.6 Å². The molecule has 0 saturated heterocycles. The van der Waals surface area contributed by atoms with Crippen LogP contribution in [0.4, 0.5) is 0 Å². The van der Waals surface area contributed by atoms with Crippen molar-refractivity contribution in [2.75, 3.05) is 0 Å². The lowest BCUT2D eigenvalue weighted by Crippen LogP contribution is -2.32. The molecule has 2 aromatic carbocycles. The molecule has 1 aliphatic rings. The first-order chi connectivity index (χ1) is 12.2. The number of amides is 1. The molecular weight excluding hydrogens is 330 g/mol. The number of fused-ring (bicyclic) bond motifs is 1. The Bertz CT molecular complexity index is 909. The van der Waals surface area contributed by atoms with Gasteiger partial charge in [-0.25, -0.2) is 0 Å². The first-order valence-electron chi connectivity index (χ1n) is 8.50. The molecule has 1 aromatic heterocycles. The van der Waals surface area contributed by atoms with Crippen LogP contribution < -0.4 is 5.32 Å². The normalized spacial score (nSPS) is 15.1. The van der Waals surface area contributed by atoms with Crippen molar-refractivity contribution >= 4 is 28.4 Å². The molecule has 1 fully saturated rings. The highest BCUT2D eigenvalue weighted by Crippen LogP contribution is 2.33. The van der Waals surface area contributed by atoms with E-state index in [0.29, 0.717) is 6.04 Å². The van der Waals surface area contributed by atoms with Crippen LogP contribution in [0.25, 0.3) is 22.0 Å². The number of aromatic nitrogens is 2. The van der Waals surface area contributed by atoms with Crippen LogP contribution in [-0.2, 0) is 4.79 Å². The summed E-state index contributed by atoms with van der Waals surface area (Å²) in [6, 6.07) is 18.5. The zero-order chi connectivity index (χ0) is 17.2. The van der Waals surface area contributed by atoms with Crippen molar-refractivity contribution in [1.82, 2.24) is 15.5 Å². The maximum Gasteiger partial charge on any atom is 0.233 e. The Morgan fingerprint density at radius 1 is 1.04 bits per heavy atom. The van der Waals surface area contributed by atoms with E-state index in [1.54, 1.807) is 0 Å². The molecule has 5 heteroatoms. The third kappa shape index (κ3) is 3.51. The summed E-state index contributed by atoms with van der Waals surface area (Å²) in [5.41, 5.74) is 1.91. The minimum Gasteiger partial charge on any atom is -0.352 e. The van der Waals surface area contributed by atoms with E-state index in [1.807, 2.05) is 55.5 Å². The number of thioether (sulfide) groups is 1. The summed E-state index contributed by atoms with van der Waals surface area (Å²) in [4.78, 5) is 12.2. The summed E-state index contributed by atoms with van der Waals surface area (Å²) >= 11 is 1.47. The van der Waals surface area contributed by atoms with Crippen LogP contribution in [0.5, 0.6) is 0 Å². The summed E-state index contributed by atoms with van der Waals surface area (Å²) in [6.07, 6.45) is 2.19. The molecule has 0 unspecified atom stereocenters. The fourth-order valence-corrected chi connectivity index (χ4v) is 3.65. The molecule has 25 heavy (non-hydrogen) atoms. The van der Waals surface area contributed by atoms with E-state index < -0.39 is 0 Å². The Kier molecular flexibility index (Phi) is 4.40. The van der Waals surface area contributed by atoms with E-state index in [1.165, 1.54) is 11.8 Å². The van der Waals surface area contributed by atoms with Gasteiger partial charge in [0.1, 0.15) is 10.7 Å². The van der Waals surface area contributed by atoms with Gasteiger partial charge in [-0.05, 0) is 19.8 Å². The number of carbonyl (C=O) groups is 1. The highest BCUT2D eigenvalue weighted by atomic mass is 32.2. The largest absolute Gasteiger partial charge is 0.352 e. The van der Waals surface area contributed by atoms with Gasteiger partial charge in [-0.3, -0.25) is 4.79 Å². The predicted molar refractivity (Wildman–Crippen MR) is 101 cm³/mol. The summed E-state index contributed by atoms with van der Waals surface area (Å²) < 4.78 is 0. The second kappa shape index (κ2) is 6.84. The number of rotatable bonds is 5. The SMILES string of the molecule is C[C@@H](Sc1nnc(-c2ccccc2)c2ccccc12)C(=O)NC1CC1. The second-order valence-electron chi connectivity index (χ2n) is 6.31. The number of nitrogens with zero attached hydrogens (tertiary/aromatic N) is 2. The van der Waals surface area contributed by atoms with Gasteiger partial charge in [0.05, 0.1) is 5.25 Å². The Morgan fingerprint density at radius 3 is 2.44 bits per heavy atom. The third-order valence-electron chi connectivity index (χ3n) is 4.28. The number of benzene rings is 2. The monoisotopic (exact) mass is 349 g/mol. The molecule has 4 nitrogen and oxygen atoms in total. The molecule has 4 rings (SSSR count). The molecule has 1 atom stereocenters. The topological polar surface area (TPSA) is 54.9 Å². The number of hydrogen-bond donors (Lipinski definition) is 1. The van der Waals surface area contributed by atoms with Crippen LogP contribution in [0.1, 0.15) is 19.8 Å². The van der Waals surface area contributed by atoms with Gasteiger partial charge in [-0.15, -0.1) is 10.2 Å². The van der Waals surface area contributed by atoms with E-state index in [2.05, 4.69) is 21.6 Å². The fraction of sp³-hybridized carbons (Fsp3) is 0.250. The molecular formula is C20H19N3OS. The molecule has 0 aliphatic heterocycles. The number of nitrogens with one attached hydrogen (secondary N) is 1. The summed E-state index contributed by atoms with van der Waals surface area (Å²) in [5, 5.41) is 14.6. The van der Waals surface area contributed by atoms with Gasteiger partial charge < -0.3 is 5.32 Å². The van der Waals surface area contributed by atoms with Crippen molar-refractivity contribution in [1.29, 1.82) is 0 Å². The van der Waals surface area contributed by atoms with Crippen molar-refractivity contribution in [2.45, 2.75) is 36.1 Å². The summed E-state index contributed by atoms with van der Waals surface area (Å²) in [7, 11) is 0. The quantitative estimate of drug-likeness (QED) is 0.706. The molecule has 1 aliphatic carbocycles. The maximum atomic E-state index is 12.2. The predicted octanol–water partition coefficient (Wildman–Crippen LogP) is 4.06. The Balaban J connectivity index is 1.67. The van der Waals surface area contributed by atoms with Crippen LogP contribution in [-0.4, -0.2) is 27.4 Å². The number of hydrogen-bond acceptors (Lipinski definition) is 4. The van der Waals surface area contributed by atoms with Gasteiger partial charge in [0, 0.05) is 22.4 Å². The van der Waals surface area contributed by atoms with Crippen LogP contribution in [0.15, 0.2) is 59.6 Å². The Labute approximate surface area is 151 Å². The first-order valence-corrected chi connectivity index (χ1v) is 9.38. The van der Waals surface area contributed by atoms with Crippen LogP contribution in [0, 0.1) is 0 Å².